The van der Waals surface area contributed by atoms with E-state index >= 15 is 0 Å². The molecule has 1 N–H and O–H groups in total. The number of carbonyl (C=O) groups excluding carboxylic acids is 2. The summed E-state index contributed by atoms with van der Waals surface area (Å²) in [4.78, 5) is 24.8. The van der Waals surface area contributed by atoms with Gasteiger partial charge in [-0.2, -0.15) is 5.26 Å². The van der Waals surface area contributed by atoms with Gasteiger partial charge in [0.15, 0.2) is 6.10 Å². The van der Waals surface area contributed by atoms with Gasteiger partial charge in [-0.25, -0.2) is 17.5 Å². The Morgan fingerprint density at radius 3 is 2.48 bits per heavy atom. The summed E-state index contributed by atoms with van der Waals surface area (Å²) in [5.41, 5.74) is 1.34. The van der Waals surface area contributed by atoms with Crippen molar-refractivity contribution in [1.29, 1.82) is 5.26 Å². The molecule has 0 heterocycles. The summed E-state index contributed by atoms with van der Waals surface area (Å²) < 4.78 is 30.8. The van der Waals surface area contributed by atoms with Gasteiger partial charge in [0.2, 0.25) is 10.0 Å². The molecular weight excluding hydrogens is 394 g/mol. The molecule has 0 fully saturated rings. The molecule has 0 unspecified atom stereocenters. The molecule has 0 radical (unpaired) electrons. The summed E-state index contributed by atoms with van der Waals surface area (Å²) in [6, 6.07) is 12.4. The molecule has 29 heavy (non-hydrogen) atoms. The van der Waals surface area contributed by atoms with Crippen LogP contribution in [0.2, 0.25) is 0 Å². The highest BCUT2D eigenvalue weighted by molar-refractivity contribution is 7.89. The molecule has 0 spiro atoms. The molecule has 8 nitrogen and oxygen atoms in total. The number of hydrogen-bond acceptors (Lipinski definition) is 6. The Kier molecular flexibility index (Phi) is 6.74. The Labute approximate surface area is 169 Å². The Bertz CT molecular complexity index is 1090. The van der Waals surface area contributed by atoms with Gasteiger partial charge in [0.25, 0.3) is 5.91 Å². The van der Waals surface area contributed by atoms with Crippen molar-refractivity contribution in [2.45, 2.75) is 24.8 Å². The van der Waals surface area contributed by atoms with Gasteiger partial charge in [-0.1, -0.05) is 12.1 Å². The Balaban J connectivity index is 2.17. The first-order valence-electron chi connectivity index (χ1n) is 8.61. The molecule has 0 aromatic heterocycles. The third kappa shape index (κ3) is 5.19. The highest BCUT2D eigenvalue weighted by atomic mass is 32.2. The van der Waals surface area contributed by atoms with E-state index in [9.17, 15) is 18.0 Å². The van der Waals surface area contributed by atoms with Crippen molar-refractivity contribution in [3.63, 3.8) is 0 Å². The zero-order valence-electron chi connectivity index (χ0n) is 16.5. The SMILES string of the molecule is Cc1ccc(S(=O)(=O)N(C)C)cc1C(=O)O[C@@H](C)C(=O)Nc1cccc(C#N)c1. The van der Waals surface area contributed by atoms with Crippen molar-refractivity contribution >= 4 is 27.6 Å². The molecule has 9 heteroatoms. The molecule has 0 bridgehead atoms. The van der Waals surface area contributed by atoms with Crippen LogP contribution in [-0.4, -0.2) is 44.8 Å². The number of amides is 1. The van der Waals surface area contributed by atoms with E-state index in [1.807, 2.05) is 6.07 Å². The molecule has 2 rings (SSSR count). The van der Waals surface area contributed by atoms with E-state index in [1.165, 1.54) is 45.3 Å². The van der Waals surface area contributed by atoms with Crippen molar-refractivity contribution in [2.24, 2.45) is 0 Å². The molecule has 0 aliphatic heterocycles. The molecule has 152 valence electrons. The fourth-order valence-corrected chi connectivity index (χ4v) is 3.31. The van der Waals surface area contributed by atoms with Crippen LogP contribution in [0.1, 0.15) is 28.4 Å². The van der Waals surface area contributed by atoms with Crippen LogP contribution < -0.4 is 5.32 Å². The van der Waals surface area contributed by atoms with Gasteiger partial charge in [-0.15, -0.1) is 0 Å². The lowest BCUT2D eigenvalue weighted by Gasteiger charge is -2.16. The normalized spacial score (nSPS) is 12.1. The molecule has 2 aromatic rings. The Morgan fingerprint density at radius 1 is 1.17 bits per heavy atom. The third-order valence-electron chi connectivity index (χ3n) is 4.12. The highest BCUT2D eigenvalue weighted by Crippen LogP contribution is 2.19. The lowest BCUT2D eigenvalue weighted by Crippen LogP contribution is -2.30. The maximum atomic E-state index is 12.5. The van der Waals surface area contributed by atoms with Crippen molar-refractivity contribution in [2.75, 3.05) is 19.4 Å². The van der Waals surface area contributed by atoms with Crippen LogP contribution >= 0.6 is 0 Å². The van der Waals surface area contributed by atoms with Gasteiger partial charge in [-0.05, 0) is 49.7 Å². The summed E-state index contributed by atoms with van der Waals surface area (Å²) in [5, 5.41) is 11.5. The number of sulfonamides is 1. The van der Waals surface area contributed by atoms with Gasteiger partial charge in [-0.3, -0.25) is 4.79 Å². The van der Waals surface area contributed by atoms with Crippen LogP contribution in [0, 0.1) is 18.3 Å². The van der Waals surface area contributed by atoms with E-state index in [-0.39, 0.29) is 10.5 Å². The largest absolute Gasteiger partial charge is 0.449 e. The van der Waals surface area contributed by atoms with Gasteiger partial charge < -0.3 is 10.1 Å². The molecule has 0 aliphatic carbocycles. The van der Waals surface area contributed by atoms with Crippen LogP contribution in [0.4, 0.5) is 5.69 Å². The maximum absolute atomic E-state index is 12.5. The number of esters is 1. The van der Waals surface area contributed by atoms with E-state index in [1.54, 1.807) is 25.1 Å². The van der Waals surface area contributed by atoms with Crippen LogP contribution in [-0.2, 0) is 19.6 Å². The molecule has 0 aliphatic rings. The predicted molar refractivity (Wildman–Crippen MR) is 107 cm³/mol. The smallest absolute Gasteiger partial charge is 0.339 e. The predicted octanol–water partition coefficient (Wildman–Crippen LogP) is 2.30. The van der Waals surface area contributed by atoms with Gasteiger partial charge >= 0.3 is 5.97 Å². The zero-order valence-corrected chi connectivity index (χ0v) is 17.3. The molecular formula is C20H21N3O5S. The minimum atomic E-state index is -3.72. The molecule has 1 amide bonds. The second-order valence-corrected chi connectivity index (χ2v) is 8.65. The average Bonchev–Trinajstić information content (AvgIpc) is 2.67. The Hall–Kier alpha value is -3.22. The number of benzene rings is 2. The summed E-state index contributed by atoms with van der Waals surface area (Å²) in [6.07, 6.45) is -1.14. The number of anilines is 1. The number of nitriles is 1. The van der Waals surface area contributed by atoms with E-state index in [2.05, 4.69) is 5.32 Å². The Morgan fingerprint density at radius 2 is 1.86 bits per heavy atom. The van der Waals surface area contributed by atoms with Gasteiger partial charge in [0.1, 0.15) is 0 Å². The summed E-state index contributed by atoms with van der Waals surface area (Å²) >= 11 is 0. The number of ether oxygens (including phenoxy) is 1. The first-order chi connectivity index (χ1) is 13.6. The summed E-state index contributed by atoms with van der Waals surface area (Å²) in [5.74, 6) is -1.39. The average molecular weight is 415 g/mol. The topological polar surface area (TPSA) is 117 Å². The summed E-state index contributed by atoms with van der Waals surface area (Å²) in [6.45, 7) is 3.04. The number of rotatable bonds is 6. The number of nitrogens with zero attached hydrogens (tertiary/aromatic N) is 2. The van der Waals surface area contributed by atoms with Gasteiger partial charge in [0, 0.05) is 19.8 Å². The standard InChI is InChI=1S/C20H21N3O5S/c1-13-8-9-17(29(26,27)23(3)4)11-18(13)20(25)28-14(2)19(24)22-16-7-5-6-15(10-16)12-21/h5-11,14H,1-4H3,(H,22,24)/t14-/m0/s1. The van der Waals surface area contributed by atoms with Crippen molar-refractivity contribution < 1.29 is 22.7 Å². The van der Waals surface area contributed by atoms with Crippen LogP contribution in [0.25, 0.3) is 0 Å². The minimum Gasteiger partial charge on any atom is -0.449 e. The quantitative estimate of drug-likeness (QED) is 0.724. The first-order valence-corrected chi connectivity index (χ1v) is 10.1. The monoisotopic (exact) mass is 415 g/mol. The zero-order chi connectivity index (χ0) is 21.8. The lowest BCUT2D eigenvalue weighted by molar-refractivity contribution is -0.123. The van der Waals surface area contributed by atoms with E-state index in [0.29, 0.717) is 16.8 Å². The highest BCUT2D eigenvalue weighted by Gasteiger charge is 2.23. The molecule has 0 saturated heterocycles. The van der Waals surface area contributed by atoms with Crippen LogP contribution in [0.3, 0.4) is 0 Å². The molecule has 0 saturated carbocycles. The fourth-order valence-electron chi connectivity index (χ4n) is 2.38. The number of nitrogens with one attached hydrogen (secondary N) is 1. The van der Waals surface area contributed by atoms with Crippen LogP contribution in [0.15, 0.2) is 47.4 Å². The number of aryl methyl sites for hydroxylation is 1. The van der Waals surface area contributed by atoms with Gasteiger partial charge in [0.05, 0.1) is 22.1 Å². The fraction of sp³-hybridized carbons (Fsp3) is 0.250. The minimum absolute atomic E-state index is 0.0505. The van der Waals surface area contributed by atoms with E-state index in [4.69, 9.17) is 10.00 Å². The number of carbonyl (C=O) groups is 2. The first kappa shape index (κ1) is 22.1. The van der Waals surface area contributed by atoms with Crippen molar-refractivity contribution in [3.05, 3.63) is 59.2 Å². The lowest BCUT2D eigenvalue weighted by atomic mass is 10.1. The second kappa shape index (κ2) is 8.86. The van der Waals surface area contributed by atoms with E-state index in [0.717, 1.165) is 4.31 Å². The molecule has 1 atom stereocenters. The molecule has 2 aromatic carbocycles. The maximum Gasteiger partial charge on any atom is 0.339 e. The van der Waals surface area contributed by atoms with E-state index < -0.39 is 28.0 Å². The van der Waals surface area contributed by atoms with Crippen LogP contribution in [0.5, 0.6) is 0 Å². The van der Waals surface area contributed by atoms with Crippen molar-refractivity contribution in [1.82, 2.24) is 4.31 Å². The second-order valence-electron chi connectivity index (χ2n) is 6.49. The summed E-state index contributed by atoms with van der Waals surface area (Å²) in [7, 11) is -0.942. The number of hydrogen-bond donors (Lipinski definition) is 1. The third-order valence-corrected chi connectivity index (χ3v) is 5.93. The van der Waals surface area contributed by atoms with Crippen molar-refractivity contribution in [3.8, 4) is 6.07 Å².